The number of benzene rings is 2. The monoisotopic (exact) mass is 607 g/mol. The molecule has 4 rings (SSSR count). The Kier molecular flexibility index (Phi) is 10.9. The van der Waals surface area contributed by atoms with E-state index in [1.54, 1.807) is 20.4 Å². The third-order valence-electron chi connectivity index (χ3n) is 8.69. The summed E-state index contributed by atoms with van der Waals surface area (Å²) < 4.78 is 4.85. The van der Waals surface area contributed by atoms with E-state index in [1.807, 2.05) is 0 Å². The van der Waals surface area contributed by atoms with Crippen LogP contribution in [0, 0.1) is 13.8 Å². The van der Waals surface area contributed by atoms with Gasteiger partial charge in [-0.3, -0.25) is 0 Å². The van der Waals surface area contributed by atoms with E-state index in [-0.39, 0.29) is 0 Å². The minimum atomic E-state index is -1.13. The third kappa shape index (κ3) is 7.57. The number of nitrogens with zero attached hydrogens (tertiary/aromatic N) is 3. The van der Waals surface area contributed by atoms with Crippen LogP contribution in [-0.2, 0) is 13.1 Å². The van der Waals surface area contributed by atoms with E-state index >= 15 is 0 Å². The Morgan fingerprint density at radius 1 is 0.676 bits per heavy atom. The van der Waals surface area contributed by atoms with Gasteiger partial charge in [-0.05, 0) is 0 Å². The van der Waals surface area contributed by atoms with Crippen LogP contribution in [0.1, 0.15) is 86.5 Å². The molecule has 0 spiro atoms. The van der Waals surface area contributed by atoms with E-state index in [1.165, 1.54) is 75.3 Å². The van der Waals surface area contributed by atoms with Gasteiger partial charge in [-0.25, -0.2) is 0 Å². The van der Waals surface area contributed by atoms with Crippen molar-refractivity contribution in [2.24, 2.45) is 0 Å². The van der Waals surface area contributed by atoms with Gasteiger partial charge in [0.15, 0.2) is 0 Å². The molecule has 2 aliphatic carbocycles. The SMILES string of the molecule is Cc1cccc(C)c1[N]([Sn][c]1c(CN(C)C)cccc1CN(C)C)B(C1CCCCC1)C1CCCCC1. The Hall–Kier alpha value is -0.976. The van der Waals surface area contributed by atoms with Crippen LogP contribution in [-0.4, -0.2) is 66.3 Å². The van der Waals surface area contributed by atoms with Crippen molar-refractivity contribution in [1.82, 2.24) is 9.80 Å². The molecule has 0 aromatic heterocycles. The zero-order chi connectivity index (χ0) is 26.4. The summed E-state index contributed by atoms with van der Waals surface area (Å²) in [6.45, 7) is 7.54. The molecule has 0 unspecified atom stereocenters. The van der Waals surface area contributed by atoms with Gasteiger partial charge in [0.25, 0.3) is 0 Å². The summed E-state index contributed by atoms with van der Waals surface area (Å²) in [5.41, 5.74) is 7.69. The van der Waals surface area contributed by atoms with Gasteiger partial charge in [0.05, 0.1) is 0 Å². The fraction of sp³-hybridized carbons (Fsp3) is 0.625. The van der Waals surface area contributed by atoms with Crippen LogP contribution in [0.5, 0.6) is 0 Å². The summed E-state index contributed by atoms with van der Waals surface area (Å²) in [7, 11) is 8.90. The van der Waals surface area contributed by atoms with Crippen LogP contribution in [0.4, 0.5) is 5.69 Å². The average molecular weight is 606 g/mol. The number of para-hydroxylation sites is 1. The van der Waals surface area contributed by atoms with Crippen molar-refractivity contribution in [3.8, 4) is 0 Å². The standard InChI is InChI=1S/C20H31BN.C12H19N2.Sn/c1-16-10-9-11-17(2)20(16)22-21(18-12-5-3-6-13-18)19-14-7-4-8-15-19;1-13(2)9-11-6-5-7-12(8-11)10-14(3)4;/h9-11,18-19H,3-8,12-15H2,1-2H3;5-7H,9-10H2,1-4H3;/q-1;;+1. The van der Waals surface area contributed by atoms with Crippen molar-refractivity contribution in [2.75, 3.05) is 31.2 Å². The van der Waals surface area contributed by atoms with Crippen LogP contribution in [0.15, 0.2) is 36.4 Å². The van der Waals surface area contributed by atoms with Crippen molar-refractivity contribution in [2.45, 2.75) is 103 Å². The molecule has 2 aliphatic rings. The van der Waals surface area contributed by atoms with E-state index in [2.05, 4.69) is 91.3 Å². The molecule has 0 bridgehead atoms. The molecule has 200 valence electrons. The fourth-order valence-corrected chi connectivity index (χ4v) is 12.5. The summed E-state index contributed by atoms with van der Waals surface area (Å²) >= 11 is -1.13. The normalized spacial score (nSPS) is 17.5. The first-order chi connectivity index (χ1) is 17.8. The Morgan fingerprint density at radius 2 is 1.11 bits per heavy atom. The first-order valence-electron chi connectivity index (χ1n) is 14.9. The van der Waals surface area contributed by atoms with E-state index in [4.69, 9.17) is 0 Å². The van der Waals surface area contributed by atoms with E-state index in [9.17, 15) is 0 Å². The zero-order valence-corrected chi connectivity index (χ0v) is 27.4. The van der Waals surface area contributed by atoms with Gasteiger partial charge in [-0.1, -0.05) is 0 Å². The van der Waals surface area contributed by atoms with Crippen molar-refractivity contribution in [3.05, 3.63) is 58.7 Å². The maximum atomic E-state index is 3.12. The molecule has 0 saturated heterocycles. The van der Waals surface area contributed by atoms with Crippen molar-refractivity contribution >= 4 is 37.5 Å². The predicted molar refractivity (Wildman–Crippen MR) is 164 cm³/mol. The number of anilines is 1. The molecule has 0 amide bonds. The molecule has 2 aromatic carbocycles. The maximum absolute atomic E-state index is 3.12. The summed E-state index contributed by atoms with van der Waals surface area (Å²) in [6.07, 6.45) is 14.4. The number of rotatable bonds is 10. The molecular weight excluding hydrogens is 556 g/mol. The average Bonchev–Trinajstić information content (AvgIpc) is 2.86. The van der Waals surface area contributed by atoms with Crippen LogP contribution in [0.2, 0.25) is 11.6 Å². The molecule has 2 saturated carbocycles. The summed E-state index contributed by atoms with van der Waals surface area (Å²) in [4.78, 5) is 4.72. The van der Waals surface area contributed by atoms with Crippen molar-refractivity contribution in [3.63, 3.8) is 0 Å². The van der Waals surface area contributed by atoms with Crippen LogP contribution in [0.3, 0.4) is 0 Å². The van der Waals surface area contributed by atoms with Gasteiger partial charge in [-0.15, -0.1) is 0 Å². The summed E-state index contributed by atoms with van der Waals surface area (Å²) in [6, 6.07) is 14.2. The quantitative estimate of drug-likeness (QED) is 0.275. The second-order valence-corrected chi connectivity index (χ2v) is 15.9. The van der Waals surface area contributed by atoms with E-state index in [0.29, 0.717) is 6.85 Å². The Morgan fingerprint density at radius 3 is 1.54 bits per heavy atom. The molecule has 5 heteroatoms. The molecule has 0 heterocycles. The minimum absolute atomic E-state index is 0.714. The number of aryl methyl sites for hydroxylation is 2. The Balaban J connectivity index is 1.85. The molecule has 2 fully saturated rings. The Labute approximate surface area is 239 Å². The Bertz CT molecular complexity index is 929. The molecule has 0 atom stereocenters. The number of hydrogen-bond donors (Lipinski definition) is 0. The summed E-state index contributed by atoms with van der Waals surface area (Å²) in [5.74, 6) is 1.71. The predicted octanol–water partition coefficient (Wildman–Crippen LogP) is 6.84. The first kappa shape index (κ1) is 29.0. The topological polar surface area (TPSA) is 9.72 Å². The molecule has 37 heavy (non-hydrogen) atoms. The second kappa shape index (κ2) is 13.9. The van der Waals surface area contributed by atoms with Gasteiger partial charge in [0.1, 0.15) is 0 Å². The van der Waals surface area contributed by atoms with Gasteiger partial charge in [0.2, 0.25) is 0 Å². The molecule has 2 radical (unpaired) electrons. The molecular formula is C32H50BN3Sn. The third-order valence-corrected chi connectivity index (χ3v) is 13.3. The number of hydrogen-bond acceptors (Lipinski definition) is 3. The second-order valence-electron chi connectivity index (χ2n) is 12.4. The van der Waals surface area contributed by atoms with Gasteiger partial charge in [0, 0.05) is 0 Å². The van der Waals surface area contributed by atoms with Crippen LogP contribution < -0.4 is 6.61 Å². The zero-order valence-electron chi connectivity index (χ0n) is 24.5. The fourth-order valence-electron chi connectivity index (χ4n) is 7.09. The van der Waals surface area contributed by atoms with Crippen molar-refractivity contribution in [1.29, 1.82) is 0 Å². The van der Waals surface area contributed by atoms with Gasteiger partial charge < -0.3 is 0 Å². The molecule has 2 aromatic rings. The van der Waals surface area contributed by atoms with E-state index in [0.717, 1.165) is 24.7 Å². The summed E-state index contributed by atoms with van der Waals surface area (Å²) in [5, 5.41) is 0. The van der Waals surface area contributed by atoms with Crippen LogP contribution in [0.25, 0.3) is 0 Å². The molecule has 0 N–H and O–H groups in total. The van der Waals surface area contributed by atoms with E-state index < -0.39 is 21.4 Å². The molecule has 0 aliphatic heterocycles. The van der Waals surface area contributed by atoms with Gasteiger partial charge in [-0.2, -0.15) is 0 Å². The van der Waals surface area contributed by atoms with Crippen molar-refractivity contribution < 1.29 is 0 Å². The molecule has 3 nitrogen and oxygen atoms in total. The van der Waals surface area contributed by atoms with Gasteiger partial charge >= 0.3 is 240 Å². The van der Waals surface area contributed by atoms with Crippen LogP contribution >= 0.6 is 0 Å². The first-order valence-corrected chi connectivity index (χ1v) is 17.6.